The third-order valence-corrected chi connectivity index (χ3v) is 6.99. The van der Waals surface area contributed by atoms with E-state index in [0.29, 0.717) is 16.8 Å². The van der Waals surface area contributed by atoms with Crippen LogP contribution in [0.1, 0.15) is 42.9 Å². The van der Waals surface area contributed by atoms with Crippen LogP contribution >= 0.6 is 23.5 Å². The van der Waals surface area contributed by atoms with Gasteiger partial charge >= 0.3 is 5.69 Å². The van der Waals surface area contributed by atoms with Gasteiger partial charge in [-0.25, -0.2) is 0 Å². The van der Waals surface area contributed by atoms with E-state index in [2.05, 4.69) is 18.9 Å². The molecule has 0 aliphatic carbocycles. The summed E-state index contributed by atoms with van der Waals surface area (Å²) in [6, 6.07) is 0.106. The number of hydrogen-bond acceptors (Lipinski definition) is 6. The lowest BCUT2D eigenvalue weighted by atomic mass is 10.2. The second kappa shape index (κ2) is 8.24. The number of likely N-dealkylation sites (tertiary alicyclic amines) is 1. The predicted octanol–water partition coefficient (Wildman–Crippen LogP) is 3.07. The van der Waals surface area contributed by atoms with Crippen molar-refractivity contribution in [2.24, 2.45) is 7.05 Å². The molecule has 9 heteroatoms. The Morgan fingerprint density at radius 1 is 1.42 bits per heavy atom. The molecule has 1 aliphatic heterocycles. The molecule has 134 valence electrons. The van der Waals surface area contributed by atoms with Crippen molar-refractivity contribution in [1.82, 2.24) is 14.7 Å². The van der Waals surface area contributed by atoms with Crippen LogP contribution in [-0.4, -0.2) is 54.2 Å². The molecular formula is C15H24N4O3S2. The van der Waals surface area contributed by atoms with Crippen LogP contribution in [0.4, 0.5) is 5.69 Å². The normalized spacial score (nSPS) is 17.7. The topological polar surface area (TPSA) is 81.3 Å². The SMILES string of the molecule is CCSC(SCC)[C@@H]1CCCN1C(=O)c1nn(C)c(C)c1[N+](=O)[O-]. The van der Waals surface area contributed by atoms with Gasteiger partial charge < -0.3 is 4.90 Å². The van der Waals surface area contributed by atoms with Gasteiger partial charge in [0, 0.05) is 13.6 Å². The highest BCUT2D eigenvalue weighted by atomic mass is 32.2. The Bertz CT molecular complexity index is 614. The molecular weight excluding hydrogens is 348 g/mol. The Morgan fingerprint density at radius 2 is 2.04 bits per heavy atom. The van der Waals surface area contributed by atoms with Crippen LogP contribution in [0.2, 0.25) is 0 Å². The van der Waals surface area contributed by atoms with Crippen molar-refractivity contribution in [1.29, 1.82) is 0 Å². The average molecular weight is 373 g/mol. The molecule has 1 aliphatic rings. The second-order valence-corrected chi connectivity index (χ2v) is 8.79. The van der Waals surface area contributed by atoms with Gasteiger partial charge in [-0.3, -0.25) is 19.6 Å². The van der Waals surface area contributed by atoms with Gasteiger partial charge in [0.25, 0.3) is 5.91 Å². The first-order chi connectivity index (χ1) is 11.4. The van der Waals surface area contributed by atoms with Crippen molar-refractivity contribution < 1.29 is 9.72 Å². The van der Waals surface area contributed by atoms with E-state index in [4.69, 9.17) is 0 Å². The zero-order valence-electron chi connectivity index (χ0n) is 14.5. The number of aromatic nitrogens is 2. The Kier molecular flexibility index (Phi) is 6.56. The molecule has 2 rings (SSSR count). The predicted molar refractivity (Wildman–Crippen MR) is 98.7 cm³/mol. The Hall–Kier alpha value is -1.22. The summed E-state index contributed by atoms with van der Waals surface area (Å²) in [5.41, 5.74) is 0.200. The average Bonchev–Trinajstić information content (AvgIpc) is 3.12. The number of thioether (sulfide) groups is 2. The minimum absolute atomic E-state index is 0.0337. The maximum atomic E-state index is 13.0. The van der Waals surface area contributed by atoms with Crippen molar-refractivity contribution in [3.05, 3.63) is 21.5 Å². The minimum atomic E-state index is -0.500. The molecule has 0 N–H and O–H groups in total. The smallest absolute Gasteiger partial charge is 0.322 e. The molecule has 0 bridgehead atoms. The fraction of sp³-hybridized carbons (Fsp3) is 0.733. The minimum Gasteiger partial charge on any atom is -0.332 e. The number of aryl methyl sites for hydroxylation is 1. The zero-order chi connectivity index (χ0) is 17.9. The highest BCUT2D eigenvalue weighted by molar-refractivity contribution is 8.17. The molecule has 1 aromatic rings. The van der Waals surface area contributed by atoms with Crippen molar-refractivity contribution in [2.75, 3.05) is 18.1 Å². The number of carbonyl (C=O) groups is 1. The van der Waals surface area contributed by atoms with Crippen molar-refractivity contribution in [3.63, 3.8) is 0 Å². The van der Waals surface area contributed by atoms with Gasteiger partial charge in [-0.1, -0.05) is 13.8 Å². The number of nitrogens with zero attached hydrogens (tertiary/aromatic N) is 4. The van der Waals surface area contributed by atoms with Crippen molar-refractivity contribution in [2.45, 2.75) is 44.2 Å². The van der Waals surface area contributed by atoms with E-state index in [1.807, 2.05) is 23.5 Å². The zero-order valence-corrected chi connectivity index (χ0v) is 16.2. The highest BCUT2D eigenvalue weighted by Crippen LogP contribution is 2.36. The van der Waals surface area contributed by atoms with E-state index in [0.717, 1.165) is 24.3 Å². The summed E-state index contributed by atoms with van der Waals surface area (Å²) in [6.07, 6.45) is 1.87. The van der Waals surface area contributed by atoms with Gasteiger partial charge in [-0.15, -0.1) is 23.5 Å². The van der Waals surface area contributed by atoms with Crippen LogP contribution in [-0.2, 0) is 7.05 Å². The quantitative estimate of drug-likeness (QED) is 0.416. The van der Waals surface area contributed by atoms with Crippen LogP contribution in [0, 0.1) is 17.0 Å². The van der Waals surface area contributed by atoms with E-state index >= 15 is 0 Å². The van der Waals surface area contributed by atoms with Gasteiger partial charge in [-0.05, 0) is 31.3 Å². The van der Waals surface area contributed by atoms with E-state index in [9.17, 15) is 14.9 Å². The molecule has 1 saturated heterocycles. The molecule has 1 fully saturated rings. The van der Waals surface area contributed by atoms with E-state index in [1.165, 1.54) is 4.68 Å². The number of carbonyl (C=O) groups excluding carboxylic acids is 1. The van der Waals surface area contributed by atoms with Crippen molar-refractivity contribution >= 4 is 35.1 Å². The Morgan fingerprint density at radius 3 is 2.58 bits per heavy atom. The Balaban J connectivity index is 2.31. The van der Waals surface area contributed by atoms with Crippen LogP contribution in [0.25, 0.3) is 0 Å². The monoisotopic (exact) mass is 372 g/mol. The molecule has 0 unspecified atom stereocenters. The number of rotatable bonds is 7. The van der Waals surface area contributed by atoms with Crippen LogP contribution in [0.5, 0.6) is 0 Å². The molecule has 0 radical (unpaired) electrons. The summed E-state index contributed by atoms with van der Waals surface area (Å²) in [4.78, 5) is 25.7. The highest BCUT2D eigenvalue weighted by Gasteiger charge is 2.39. The molecule has 0 saturated carbocycles. The van der Waals surface area contributed by atoms with Gasteiger partial charge in [0.05, 0.1) is 15.5 Å². The summed E-state index contributed by atoms with van der Waals surface area (Å²) in [5, 5.41) is 15.5. The van der Waals surface area contributed by atoms with Crippen molar-refractivity contribution in [3.8, 4) is 0 Å². The van der Waals surface area contributed by atoms with Crippen LogP contribution in [0.3, 0.4) is 0 Å². The van der Waals surface area contributed by atoms with Gasteiger partial charge in [0.1, 0.15) is 5.69 Å². The first kappa shape index (κ1) is 19.1. The first-order valence-electron chi connectivity index (χ1n) is 8.14. The van der Waals surface area contributed by atoms with E-state index in [-0.39, 0.29) is 23.3 Å². The lowest BCUT2D eigenvalue weighted by molar-refractivity contribution is -0.385. The van der Waals surface area contributed by atoms with Crippen LogP contribution in [0.15, 0.2) is 0 Å². The largest absolute Gasteiger partial charge is 0.332 e. The molecule has 1 aromatic heterocycles. The van der Waals surface area contributed by atoms with Gasteiger partial charge in [-0.2, -0.15) is 5.10 Å². The van der Waals surface area contributed by atoms with Gasteiger partial charge in [0.15, 0.2) is 0 Å². The summed E-state index contributed by atoms with van der Waals surface area (Å²) in [5.74, 6) is 1.66. The molecule has 1 amide bonds. The lowest BCUT2D eigenvalue weighted by Gasteiger charge is -2.30. The van der Waals surface area contributed by atoms with Crippen LogP contribution < -0.4 is 0 Å². The lowest BCUT2D eigenvalue weighted by Crippen LogP contribution is -2.41. The van der Waals surface area contributed by atoms with E-state index in [1.54, 1.807) is 18.9 Å². The molecule has 2 heterocycles. The van der Waals surface area contributed by atoms with Gasteiger partial charge in [0.2, 0.25) is 5.69 Å². The summed E-state index contributed by atoms with van der Waals surface area (Å²) < 4.78 is 1.71. The summed E-state index contributed by atoms with van der Waals surface area (Å²) >= 11 is 3.69. The fourth-order valence-electron chi connectivity index (χ4n) is 3.02. The Labute approximate surface area is 150 Å². The molecule has 0 spiro atoms. The molecule has 24 heavy (non-hydrogen) atoms. The molecule has 1 atom stereocenters. The fourth-order valence-corrected chi connectivity index (χ4v) is 5.89. The molecule has 0 aromatic carbocycles. The number of hydrogen-bond donors (Lipinski definition) is 0. The second-order valence-electron chi connectivity index (χ2n) is 5.65. The maximum Gasteiger partial charge on any atom is 0.322 e. The first-order valence-corrected chi connectivity index (χ1v) is 10.2. The molecule has 7 nitrogen and oxygen atoms in total. The third-order valence-electron chi connectivity index (χ3n) is 4.22. The summed E-state index contributed by atoms with van der Waals surface area (Å²) in [7, 11) is 1.63. The maximum absolute atomic E-state index is 13.0. The number of amides is 1. The third kappa shape index (κ3) is 3.72. The van der Waals surface area contributed by atoms with E-state index < -0.39 is 4.92 Å². The number of nitro groups is 1. The summed E-state index contributed by atoms with van der Waals surface area (Å²) in [6.45, 7) is 6.48. The standard InChI is InChI=1S/C15H24N4O3S2/c1-5-23-15(24-6-2)11-8-7-9-18(11)14(20)12-13(19(21)22)10(3)17(4)16-12/h11,15H,5-9H2,1-4H3/t11-/m0/s1.